The zero-order chi connectivity index (χ0) is 15.4. The summed E-state index contributed by atoms with van der Waals surface area (Å²) in [7, 11) is 0. The Balaban J connectivity index is 2.03. The van der Waals surface area contributed by atoms with Crippen LogP contribution >= 0.6 is 0 Å². The summed E-state index contributed by atoms with van der Waals surface area (Å²) in [6.07, 6.45) is 0.627. The lowest BCUT2D eigenvalue weighted by molar-refractivity contribution is -0.139. The lowest BCUT2D eigenvalue weighted by Crippen LogP contribution is -2.48. The third-order valence-corrected chi connectivity index (χ3v) is 3.41. The van der Waals surface area contributed by atoms with Gasteiger partial charge in [0.1, 0.15) is 6.04 Å². The summed E-state index contributed by atoms with van der Waals surface area (Å²) >= 11 is 0. The largest absolute Gasteiger partial charge is 0.480 e. The number of carbonyl (C=O) groups excluding carboxylic acids is 2. The molecule has 0 saturated heterocycles. The predicted molar refractivity (Wildman–Crippen MR) is 75.9 cm³/mol. The fraction of sp³-hybridized carbons (Fsp3) is 0.357. The number of nitrogens with one attached hydrogen (secondary N) is 1. The van der Waals surface area contributed by atoms with Gasteiger partial charge in [0.15, 0.2) is 0 Å². The summed E-state index contributed by atoms with van der Waals surface area (Å²) in [6, 6.07) is 5.87. The SMILES string of the molecule is NC(=O)CCC(NC(=O)N1CCc2ccccc21)C(=O)O. The molecule has 0 aliphatic carbocycles. The van der Waals surface area contributed by atoms with Gasteiger partial charge in [-0.2, -0.15) is 0 Å². The third-order valence-electron chi connectivity index (χ3n) is 3.41. The number of hydrogen-bond acceptors (Lipinski definition) is 3. The Kier molecular flexibility index (Phi) is 4.42. The van der Waals surface area contributed by atoms with Crippen molar-refractivity contribution in [2.45, 2.75) is 25.3 Å². The van der Waals surface area contributed by atoms with Gasteiger partial charge in [0.05, 0.1) is 0 Å². The van der Waals surface area contributed by atoms with Crippen LogP contribution in [0.3, 0.4) is 0 Å². The molecule has 112 valence electrons. The van der Waals surface area contributed by atoms with Gasteiger partial charge in [0, 0.05) is 18.7 Å². The van der Waals surface area contributed by atoms with Crippen molar-refractivity contribution in [3.05, 3.63) is 29.8 Å². The maximum atomic E-state index is 12.2. The Bertz CT molecular complexity index is 573. The fourth-order valence-corrected chi connectivity index (χ4v) is 2.32. The first-order valence-corrected chi connectivity index (χ1v) is 6.66. The molecule has 1 atom stereocenters. The van der Waals surface area contributed by atoms with Gasteiger partial charge in [-0.05, 0) is 24.5 Å². The highest BCUT2D eigenvalue weighted by Crippen LogP contribution is 2.27. The minimum Gasteiger partial charge on any atom is -0.480 e. The van der Waals surface area contributed by atoms with Crippen LogP contribution in [0, 0.1) is 0 Å². The molecule has 1 aromatic rings. The summed E-state index contributed by atoms with van der Waals surface area (Å²) in [4.78, 5) is 35.6. The van der Waals surface area contributed by atoms with Gasteiger partial charge in [-0.1, -0.05) is 18.2 Å². The molecule has 0 bridgehead atoms. The number of rotatable bonds is 5. The minimum atomic E-state index is -1.18. The summed E-state index contributed by atoms with van der Waals surface area (Å²) in [5.41, 5.74) is 6.84. The molecule has 0 radical (unpaired) electrons. The Morgan fingerprint density at radius 2 is 2.05 bits per heavy atom. The van der Waals surface area contributed by atoms with E-state index in [9.17, 15) is 14.4 Å². The van der Waals surface area contributed by atoms with Gasteiger partial charge in [0.2, 0.25) is 5.91 Å². The lowest BCUT2D eigenvalue weighted by atomic mass is 10.1. The standard InChI is InChI=1S/C14H17N3O4/c15-12(18)6-5-10(13(19)20)16-14(21)17-8-7-9-3-1-2-4-11(9)17/h1-4,10H,5-8H2,(H2,15,18)(H,16,21)(H,19,20). The van der Waals surface area contributed by atoms with E-state index in [4.69, 9.17) is 10.8 Å². The number of carbonyl (C=O) groups is 3. The summed E-state index contributed by atoms with van der Waals surface area (Å²) < 4.78 is 0. The van der Waals surface area contributed by atoms with Crippen molar-refractivity contribution in [1.82, 2.24) is 5.32 Å². The van der Waals surface area contributed by atoms with Crippen molar-refractivity contribution >= 4 is 23.6 Å². The van der Waals surface area contributed by atoms with Crippen molar-refractivity contribution in [3.8, 4) is 0 Å². The molecule has 0 spiro atoms. The highest BCUT2D eigenvalue weighted by molar-refractivity contribution is 5.96. The number of anilines is 1. The van der Waals surface area contributed by atoms with Gasteiger partial charge in [-0.15, -0.1) is 0 Å². The fourth-order valence-electron chi connectivity index (χ4n) is 2.32. The van der Waals surface area contributed by atoms with Gasteiger partial charge in [-0.25, -0.2) is 9.59 Å². The van der Waals surface area contributed by atoms with Gasteiger partial charge in [-0.3, -0.25) is 9.69 Å². The number of nitrogens with two attached hydrogens (primary N) is 1. The second-order valence-corrected chi connectivity index (χ2v) is 4.88. The monoisotopic (exact) mass is 291 g/mol. The number of hydrogen-bond donors (Lipinski definition) is 3. The maximum absolute atomic E-state index is 12.2. The van der Waals surface area contributed by atoms with E-state index in [1.54, 1.807) is 0 Å². The summed E-state index contributed by atoms with van der Waals surface area (Å²) in [5, 5.41) is 11.5. The molecule has 0 fully saturated rings. The molecule has 0 saturated carbocycles. The van der Waals surface area contributed by atoms with Gasteiger partial charge < -0.3 is 16.2 Å². The first-order valence-electron chi connectivity index (χ1n) is 6.66. The van der Waals surface area contributed by atoms with Crippen LogP contribution in [0.2, 0.25) is 0 Å². The maximum Gasteiger partial charge on any atom is 0.326 e. The van der Waals surface area contributed by atoms with Crippen molar-refractivity contribution < 1.29 is 19.5 Å². The van der Waals surface area contributed by atoms with E-state index in [1.807, 2.05) is 24.3 Å². The van der Waals surface area contributed by atoms with E-state index >= 15 is 0 Å². The average Bonchev–Trinajstić information content (AvgIpc) is 2.86. The molecule has 21 heavy (non-hydrogen) atoms. The molecule has 2 rings (SSSR count). The molecule has 1 aliphatic rings. The number of nitrogens with zero attached hydrogens (tertiary/aromatic N) is 1. The van der Waals surface area contributed by atoms with Crippen LogP contribution < -0.4 is 16.0 Å². The zero-order valence-corrected chi connectivity index (χ0v) is 11.4. The molecule has 7 nitrogen and oxygen atoms in total. The number of benzene rings is 1. The smallest absolute Gasteiger partial charge is 0.326 e. The highest BCUT2D eigenvalue weighted by Gasteiger charge is 2.28. The molecule has 1 heterocycles. The van der Waals surface area contributed by atoms with E-state index in [-0.39, 0.29) is 12.8 Å². The Morgan fingerprint density at radius 1 is 1.33 bits per heavy atom. The predicted octanol–water partition coefficient (Wildman–Crippen LogP) is 0.477. The first-order chi connectivity index (χ1) is 9.99. The van der Waals surface area contributed by atoms with E-state index in [0.717, 1.165) is 17.7 Å². The normalized spacial score (nSPS) is 14.4. The van der Waals surface area contributed by atoms with E-state index < -0.39 is 23.9 Å². The van der Waals surface area contributed by atoms with Gasteiger partial charge >= 0.3 is 12.0 Å². The van der Waals surface area contributed by atoms with E-state index in [1.165, 1.54) is 4.90 Å². The van der Waals surface area contributed by atoms with Crippen molar-refractivity contribution in [1.29, 1.82) is 0 Å². The molecule has 1 unspecified atom stereocenters. The molecular formula is C14H17N3O4. The number of para-hydroxylation sites is 1. The first kappa shape index (κ1) is 14.8. The average molecular weight is 291 g/mol. The van der Waals surface area contributed by atoms with Crippen LogP contribution in [0.4, 0.5) is 10.5 Å². The van der Waals surface area contributed by atoms with Gasteiger partial charge in [0.25, 0.3) is 0 Å². The van der Waals surface area contributed by atoms with E-state index in [2.05, 4.69) is 5.32 Å². The summed E-state index contributed by atoms with van der Waals surface area (Å²) in [6.45, 7) is 0.507. The van der Waals surface area contributed by atoms with Crippen LogP contribution in [-0.4, -0.2) is 35.6 Å². The molecule has 3 amide bonds. The minimum absolute atomic E-state index is 0.0219. The topological polar surface area (TPSA) is 113 Å². The molecule has 1 aliphatic heterocycles. The zero-order valence-electron chi connectivity index (χ0n) is 11.4. The third kappa shape index (κ3) is 3.50. The molecule has 4 N–H and O–H groups in total. The molecule has 7 heteroatoms. The lowest BCUT2D eigenvalue weighted by Gasteiger charge is -2.21. The van der Waals surface area contributed by atoms with Crippen LogP contribution in [-0.2, 0) is 16.0 Å². The summed E-state index contributed by atoms with van der Waals surface area (Å²) in [5.74, 6) is -1.78. The number of fused-ring (bicyclic) bond motifs is 1. The Morgan fingerprint density at radius 3 is 2.71 bits per heavy atom. The quantitative estimate of drug-likeness (QED) is 0.732. The number of aliphatic carboxylic acids is 1. The number of carboxylic acids is 1. The molecule has 1 aromatic carbocycles. The molecule has 0 aromatic heterocycles. The highest BCUT2D eigenvalue weighted by atomic mass is 16.4. The van der Waals surface area contributed by atoms with Crippen molar-refractivity contribution in [2.24, 2.45) is 5.73 Å². The number of primary amides is 1. The van der Waals surface area contributed by atoms with E-state index in [0.29, 0.717) is 6.54 Å². The van der Waals surface area contributed by atoms with Crippen LogP contribution in [0.15, 0.2) is 24.3 Å². The number of carboxylic acid groups (broad SMARTS) is 1. The van der Waals surface area contributed by atoms with Crippen LogP contribution in [0.25, 0.3) is 0 Å². The number of amides is 3. The Labute approximate surface area is 121 Å². The Hall–Kier alpha value is -2.57. The molecular weight excluding hydrogens is 274 g/mol. The number of urea groups is 1. The van der Waals surface area contributed by atoms with Crippen molar-refractivity contribution in [3.63, 3.8) is 0 Å². The van der Waals surface area contributed by atoms with Crippen LogP contribution in [0.1, 0.15) is 18.4 Å². The van der Waals surface area contributed by atoms with Crippen molar-refractivity contribution in [2.75, 3.05) is 11.4 Å². The second kappa shape index (κ2) is 6.25. The second-order valence-electron chi connectivity index (χ2n) is 4.88. The van der Waals surface area contributed by atoms with Crippen LogP contribution in [0.5, 0.6) is 0 Å².